The molecule has 0 saturated heterocycles. The fourth-order valence-electron chi connectivity index (χ4n) is 0. The molecule has 0 atom stereocenters. The van der Waals surface area contributed by atoms with Gasteiger partial charge in [-0.15, -0.1) is 0 Å². The van der Waals surface area contributed by atoms with E-state index >= 15 is 0 Å². The molecule has 0 aliphatic rings. The van der Waals surface area contributed by atoms with Crippen molar-refractivity contribution in [2.24, 2.45) is 0 Å². The van der Waals surface area contributed by atoms with Crippen LogP contribution in [0, 0.1) is 0 Å². The van der Waals surface area contributed by atoms with Crippen LogP contribution in [-0.4, -0.2) is 52.1 Å². The Balaban J connectivity index is -0.0000000293. The molecule has 0 heterocycles. The van der Waals surface area contributed by atoms with Crippen LogP contribution in [0.25, 0.3) is 10.6 Å². The number of hydrogen-bond acceptors (Lipinski definition) is 0. The van der Waals surface area contributed by atoms with Crippen molar-refractivity contribution in [2.75, 3.05) is 28.2 Å². The summed E-state index contributed by atoms with van der Waals surface area (Å²) < 4.78 is 0. The van der Waals surface area contributed by atoms with Gasteiger partial charge in [0.25, 0.3) is 0 Å². The zero-order valence-electron chi connectivity index (χ0n) is 12.2. The molecule has 0 saturated carbocycles. The Bertz CT molecular complexity index is 34.6. The van der Waals surface area contributed by atoms with Crippen LogP contribution < -0.4 is 0 Å². The van der Waals surface area contributed by atoms with Crippen molar-refractivity contribution in [2.45, 2.75) is 53.4 Å². The van der Waals surface area contributed by atoms with Crippen molar-refractivity contribution in [3.8, 4) is 0 Å². The molecule has 94 valence electrons. The van der Waals surface area contributed by atoms with Crippen LogP contribution >= 0.6 is 0 Å². The van der Waals surface area contributed by atoms with Crippen molar-refractivity contribution in [1.29, 1.82) is 0 Å². The maximum atomic E-state index is 3.50. The molecule has 0 aromatic rings. The Labute approximate surface area is 116 Å². The van der Waals surface area contributed by atoms with Crippen LogP contribution in [0.5, 0.6) is 0 Å². The average Bonchev–Trinajstić information content (AvgIpc) is 2.20. The summed E-state index contributed by atoms with van der Waals surface area (Å²) in [6, 6.07) is 0. The smallest absolute Gasteiger partial charge is 0.668 e. The van der Waals surface area contributed by atoms with Gasteiger partial charge in [-0.1, -0.05) is 53.4 Å². The van der Waals surface area contributed by atoms with Gasteiger partial charge >= 0.3 is 23.9 Å². The average molecular weight is 323 g/mol. The molecule has 0 aliphatic carbocycles. The minimum atomic E-state index is 0. The first-order valence-corrected chi connectivity index (χ1v) is 5.62. The topological polar surface area (TPSA) is 28.2 Å². The molecule has 0 unspecified atom stereocenters. The second-order valence-corrected chi connectivity index (χ2v) is 2.89. The quantitative estimate of drug-likeness (QED) is 0.671. The SMILES string of the molecule is CCCC.CCCC.C[N-]C.C[N-]C.[Sn+2]. The van der Waals surface area contributed by atoms with Crippen molar-refractivity contribution >= 4 is 23.9 Å². The van der Waals surface area contributed by atoms with Crippen molar-refractivity contribution in [3.05, 3.63) is 10.6 Å². The Kier molecular flexibility index (Phi) is 121. The molecule has 2 radical (unpaired) electrons. The van der Waals surface area contributed by atoms with Gasteiger partial charge in [0.2, 0.25) is 0 Å². The minimum absolute atomic E-state index is 0. The standard InChI is InChI=1S/2C4H10.2C2H6N.Sn/c2*1-3-4-2;2*1-3-2;/h2*3-4H2,1-2H3;2*1-2H3;/q;;2*-1;+2. The first-order valence-electron chi connectivity index (χ1n) is 5.62. The fourth-order valence-corrected chi connectivity index (χ4v) is 0. The molecule has 0 amide bonds. The van der Waals surface area contributed by atoms with E-state index in [0.717, 1.165) is 0 Å². The largest absolute Gasteiger partial charge is 2.00 e. The number of hydrogen-bond donors (Lipinski definition) is 0. The van der Waals surface area contributed by atoms with Gasteiger partial charge in [-0.05, 0) is 0 Å². The Morgan fingerprint density at radius 2 is 0.600 bits per heavy atom. The van der Waals surface area contributed by atoms with Crippen LogP contribution in [0.2, 0.25) is 0 Å². The van der Waals surface area contributed by atoms with E-state index in [1.165, 1.54) is 25.7 Å². The molecule has 0 aromatic carbocycles. The molecule has 15 heavy (non-hydrogen) atoms. The van der Waals surface area contributed by atoms with Gasteiger partial charge < -0.3 is 10.6 Å². The van der Waals surface area contributed by atoms with Gasteiger partial charge in [0.15, 0.2) is 0 Å². The number of rotatable bonds is 2. The monoisotopic (exact) mass is 324 g/mol. The molecule has 2 nitrogen and oxygen atoms in total. The molecule has 0 bridgehead atoms. The van der Waals surface area contributed by atoms with E-state index in [9.17, 15) is 0 Å². The third kappa shape index (κ3) is 322. The van der Waals surface area contributed by atoms with E-state index < -0.39 is 0 Å². The molecular weight excluding hydrogens is 291 g/mol. The predicted octanol–water partition coefficient (Wildman–Crippen LogP) is 4.47. The van der Waals surface area contributed by atoms with Gasteiger partial charge in [-0.2, -0.15) is 28.2 Å². The second-order valence-electron chi connectivity index (χ2n) is 2.89. The zero-order valence-corrected chi connectivity index (χ0v) is 15.1. The van der Waals surface area contributed by atoms with Crippen molar-refractivity contribution in [3.63, 3.8) is 0 Å². The summed E-state index contributed by atoms with van der Waals surface area (Å²) in [5, 5.41) is 7.00. The number of unbranched alkanes of at least 4 members (excludes halogenated alkanes) is 2. The van der Waals surface area contributed by atoms with Crippen LogP contribution in [0.4, 0.5) is 0 Å². The van der Waals surface area contributed by atoms with Crippen LogP contribution in [0.1, 0.15) is 53.4 Å². The molecule has 0 spiro atoms. The van der Waals surface area contributed by atoms with Crippen LogP contribution in [0.3, 0.4) is 0 Å². The Morgan fingerprint density at radius 3 is 0.600 bits per heavy atom. The van der Waals surface area contributed by atoms with Crippen LogP contribution in [0.15, 0.2) is 0 Å². The molecule has 0 fully saturated rings. The maximum Gasteiger partial charge on any atom is 2.00 e. The summed E-state index contributed by atoms with van der Waals surface area (Å²) in [6.07, 6.45) is 5.28. The van der Waals surface area contributed by atoms with E-state index in [2.05, 4.69) is 38.3 Å². The molecule has 0 aliphatic heterocycles. The molecule has 0 N–H and O–H groups in total. The van der Waals surface area contributed by atoms with Crippen molar-refractivity contribution < 1.29 is 0 Å². The summed E-state index contributed by atoms with van der Waals surface area (Å²) in [7, 11) is 7.00. The molecule has 3 heteroatoms. The van der Waals surface area contributed by atoms with Crippen LogP contribution in [-0.2, 0) is 0 Å². The maximum absolute atomic E-state index is 3.50. The van der Waals surface area contributed by atoms with E-state index in [0.29, 0.717) is 0 Å². The summed E-state index contributed by atoms with van der Waals surface area (Å²) >= 11 is 0. The minimum Gasteiger partial charge on any atom is -0.668 e. The first kappa shape index (κ1) is 29.6. The van der Waals surface area contributed by atoms with Gasteiger partial charge in [0.05, 0.1) is 0 Å². The summed E-state index contributed by atoms with van der Waals surface area (Å²) in [5.74, 6) is 0. The van der Waals surface area contributed by atoms with Gasteiger partial charge in [0, 0.05) is 0 Å². The second kappa shape index (κ2) is 61.4. The van der Waals surface area contributed by atoms with Gasteiger partial charge in [0.1, 0.15) is 0 Å². The fraction of sp³-hybridized carbons (Fsp3) is 1.00. The molecule has 0 rings (SSSR count). The third-order valence-electron chi connectivity index (χ3n) is 1.000. The summed E-state index contributed by atoms with van der Waals surface area (Å²) in [6.45, 7) is 8.72. The van der Waals surface area contributed by atoms with E-state index in [1.54, 1.807) is 28.2 Å². The zero-order chi connectivity index (χ0) is 12.2. The molecular formula is C12H32N2Sn. The van der Waals surface area contributed by atoms with E-state index in [1.807, 2.05) is 0 Å². The summed E-state index contributed by atoms with van der Waals surface area (Å²) in [5.41, 5.74) is 0. The normalized spacial score (nSPS) is 6.40. The Hall–Kier alpha value is 0.719. The number of nitrogens with zero attached hydrogens (tertiary/aromatic N) is 2. The summed E-state index contributed by atoms with van der Waals surface area (Å²) in [4.78, 5) is 0. The molecule has 0 aromatic heterocycles. The van der Waals surface area contributed by atoms with Gasteiger partial charge in [-0.25, -0.2) is 0 Å². The first-order chi connectivity index (χ1) is 6.66. The van der Waals surface area contributed by atoms with E-state index in [4.69, 9.17) is 0 Å². The third-order valence-corrected chi connectivity index (χ3v) is 1.000. The van der Waals surface area contributed by atoms with E-state index in [-0.39, 0.29) is 23.9 Å². The Morgan fingerprint density at radius 1 is 0.533 bits per heavy atom. The van der Waals surface area contributed by atoms with Gasteiger partial charge in [-0.3, -0.25) is 0 Å². The van der Waals surface area contributed by atoms with Crippen molar-refractivity contribution in [1.82, 2.24) is 0 Å². The predicted molar refractivity (Wildman–Crippen MR) is 77.3 cm³/mol.